The highest BCUT2D eigenvalue weighted by Crippen LogP contribution is 2.31. The number of hydrogen-bond acceptors (Lipinski definition) is 4. The number of aryl methyl sites for hydroxylation is 2. The molecular formula is C14H18Br2N4O2. The van der Waals surface area contributed by atoms with Gasteiger partial charge >= 0.3 is 0 Å². The Balaban J connectivity index is 2.52. The molecule has 8 heteroatoms. The zero-order valence-electron chi connectivity index (χ0n) is 12.4. The summed E-state index contributed by atoms with van der Waals surface area (Å²) in [5.74, 6) is 0.161. The van der Waals surface area contributed by atoms with Gasteiger partial charge < -0.3 is 5.32 Å². The number of halogens is 2. The van der Waals surface area contributed by atoms with Crippen molar-refractivity contribution in [2.45, 2.75) is 33.1 Å². The summed E-state index contributed by atoms with van der Waals surface area (Å²) in [6, 6.07) is 1.96. The van der Waals surface area contributed by atoms with Crippen LogP contribution >= 0.6 is 31.9 Å². The SMILES string of the molecule is CCCCc1c(NCC(=O)NO)nc2c(Br)cc(Br)c(C)n12. The average molecular weight is 434 g/mol. The van der Waals surface area contributed by atoms with E-state index < -0.39 is 5.91 Å². The molecule has 22 heavy (non-hydrogen) atoms. The second kappa shape index (κ2) is 7.43. The molecule has 0 bridgehead atoms. The minimum atomic E-state index is -0.504. The third-order valence-electron chi connectivity index (χ3n) is 3.43. The molecule has 0 aliphatic rings. The van der Waals surface area contributed by atoms with Crippen molar-refractivity contribution in [2.24, 2.45) is 0 Å². The van der Waals surface area contributed by atoms with Crippen molar-refractivity contribution < 1.29 is 10.0 Å². The smallest absolute Gasteiger partial charge is 0.262 e. The van der Waals surface area contributed by atoms with Crippen LogP contribution in [-0.2, 0) is 11.2 Å². The highest BCUT2D eigenvalue weighted by Gasteiger charge is 2.17. The number of pyridine rings is 1. The number of carbonyl (C=O) groups excluding carboxylic acids is 1. The fourth-order valence-electron chi connectivity index (χ4n) is 2.28. The van der Waals surface area contributed by atoms with E-state index in [0.29, 0.717) is 5.82 Å². The summed E-state index contributed by atoms with van der Waals surface area (Å²) < 4.78 is 3.95. The lowest BCUT2D eigenvalue weighted by molar-refractivity contribution is -0.127. The van der Waals surface area contributed by atoms with Gasteiger partial charge in [0.1, 0.15) is 5.82 Å². The lowest BCUT2D eigenvalue weighted by Crippen LogP contribution is -2.27. The van der Waals surface area contributed by atoms with Crippen molar-refractivity contribution in [2.75, 3.05) is 11.9 Å². The molecule has 0 aliphatic heterocycles. The van der Waals surface area contributed by atoms with Crippen LogP contribution in [-0.4, -0.2) is 27.0 Å². The normalized spacial score (nSPS) is 11.0. The fourth-order valence-corrected chi connectivity index (χ4v) is 3.49. The van der Waals surface area contributed by atoms with Gasteiger partial charge in [-0.05, 0) is 57.7 Å². The monoisotopic (exact) mass is 432 g/mol. The number of imidazole rings is 1. The van der Waals surface area contributed by atoms with Crippen LogP contribution in [0.25, 0.3) is 5.65 Å². The molecule has 2 heterocycles. The fraction of sp³-hybridized carbons (Fsp3) is 0.429. The van der Waals surface area contributed by atoms with E-state index in [1.165, 1.54) is 0 Å². The zero-order chi connectivity index (χ0) is 16.3. The number of carbonyl (C=O) groups is 1. The minimum Gasteiger partial charge on any atom is -0.359 e. The number of nitrogens with one attached hydrogen (secondary N) is 2. The standard InChI is InChI=1S/C14H18Br2N4O2/c1-3-4-5-11-13(17-7-12(21)19-22)18-14-10(16)6-9(15)8(2)20(11)14/h6,17,22H,3-5,7H2,1-2H3,(H,19,21). The molecule has 0 radical (unpaired) electrons. The maximum atomic E-state index is 11.2. The average Bonchev–Trinajstić information content (AvgIpc) is 2.87. The van der Waals surface area contributed by atoms with Crippen molar-refractivity contribution >= 4 is 49.2 Å². The summed E-state index contributed by atoms with van der Waals surface area (Å²) in [5, 5.41) is 11.6. The first-order chi connectivity index (χ1) is 10.5. The predicted molar refractivity (Wildman–Crippen MR) is 92.4 cm³/mol. The number of hydroxylamine groups is 1. The van der Waals surface area contributed by atoms with Gasteiger partial charge in [0.05, 0.1) is 16.7 Å². The van der Waals surface area contributed by atoms with Crippen LogP contribution in [0, 0.1) is 6.92 Å². The molecule has 1 amide bonds. The van der Waals surface area contributed by atoms with Crippen molar-refractivity contribution in [1.29, 1.82) is 0 Å². The second-order valence-corrected chi connectivity index (χ2v) is 6.69. The maximum Gasteiger partial charge on any atom is 0.262 e. The second-order valence-electron chi connectivity index (χ2n) is 4.98. The number of anilines is 1. The predicted octanol–water partition coefficient (Wildman–Crippen LogP) is 3.43. The van der Waals surface area contributed by atoms with Gasteiger partial charge in [-0.25, -0.2) is 10.5 Å². The van der Waals surface area contributed by atoms with E-state index in [2.05, 4.69) is 53.5 Å². The molecule has 0 atom stereocenters. The van der Waals surface area contributed by atoms with E-state index in [0.717, 1.165) is 45.2 Å². The van der Waals surface area contributed by atoms with Crippen LogP contribution in [0.15, 0.2) is 15.0 Å². The molecule has 3 N–H and O–H groups in total. The summed E-state index contributed by atoms with van der Waals surface area (Å²) in [5.41, 5.74) is 4.50. The molecule has 2 rings (SSSR count). The van der Waals surface area contributed by atoms with E-state index in [1.807, 2.05) is 13.0 Å². The molecule has 0 saturated heterocycles. The van der Waals surface area contributed by atoms with Gasteiger partial charge in [0.2, 0.25) is 0 Å². The first-order valence-electron chi connectivity index (χ1n) is 7.02. The summed E-state index contributed by atoms with van der Waals surface area (Å²) in [4.78, 5) is 15.8. The van der Waals surface area contributed by atoms with Gasteiger partial charge in [0.15, 0.2) is 5.65 Å². The first kappa shape index (κ1) is 17.2. The van der Waals surface area contributed by atoms with Gasteiger partial charge in [0.25, 0.3) is 5.91 Å². The Morgan fingerprint density at radius 1 is 1.41 bits per heavy atom. The third kappa shape index (κ3) is 3.44. The Hall–Kier alpha value is -1.12. The van der Waals surface area contributed by atoms with Crippen molar-refractivity contribution in [1.82, 2.24) is 14.9 Å². The van der Waals surface area contributed by atoms with Crippen molar-refractivity contribution in [3.05, 3.63) is 26.4 Å². The minimum absolute atomic E-state index is 0.0304. The van der Waals surface area contributed by atoms with Crippen molar-refractivity contribution in [3.8, 4) is 0 Å². The first-order valence-corrected chi connectivity index (χ1v) is 8.60. The quantitative estimate of drug-likeness (QED) is 0.481. The highest BCUT2D eigenvalue weighted by molar-refractivity contribution is 9.11. The van der Waals surface area contributed by atoms with Crippen LogP contribution in [0.4, 0.5) is 5.82 Å². The molecule has 6 nitrogen and oxygen atoms in total. The van der Waals surface area contributed by atoms with Crippen LogP contribution in [0.3, 0.4) is 0 Å². The highest BCUT2D eigenvalue weighted by atomic mass is 79.9. The molecule has 0 saturated carbocycles. The Kier molecular flexibility index (Phi) is 5.82. The molecule has 0 fully saturated rings. The number of aromatic nitrogens is 2. The molecule has 0 unspecified atom stereocenters. The van der Waals surface area contributed by atoms with Crippen LogP contribution in [0.2, 0.25) is 0 Å². The third-order valence-corrected chi connectivity index (χ3v) is 4.82. The Morgan fingerprint density at radius 2 is 2.14 bits per heavy atom. The molecule has 0 aromatic carbocycles. The molecule has 2 aromatic heterocycles. The van der Waals surface area contributed by atoms with Gasteiger partial charge in [-0.3, -0.25) is 14.4 Å². The van der Waals surface area contributed by atoms with Gasteiger partial charge in [-0.2, -0.15) is 0 Å². The van der Waals surface area contributed by atoms with Gasteiger partial charge in [-0.1, -0.05) is 13.3 Å². The largest absolute Gasteiger partial charge is 0.359 e. The molecule has 120 valence electrons. The van der Waals surface area contributed by atoms with E-state index in [1.54, 1.807) is 5.48 Å². The van der Waals surface area contributed by atoms with Crippen LogP contribution in [0.1, 0.15) is 31.2 Å². The molecule has 0 spiro atoms. The van der Waals surface area contributed by atoms with E-state index in [-0.39, 0.29) is 6.54 Å². The molecular weight excluding hydrogens is 416 g/mol. The van der Waals surface area contributed by atoms with E-state index in [4.69, 9.17) is 5.21 Å². The number of unbranched alkanes of at least 4 members (excludes halogenated alkanes) is 1. The topological polar surface area (TPSA) is 78.7 Å². The van der Waals surface area contributed by atoms with Crippen LogP contribution < -0.4 is 10.8 Å². The zero-order valence-corrected chi connectivity index (χ0v) is 15.6. The van der Waals surface area contributed by atoms with E-state index >= 15 is 0 Å². The number of hydrogen-bond donors (Lipinski definition) is 3. The van der Waals surface area contributed by atoms with Crippen LogP contribution in [0.5, 0.6) is 0 Å². The molecule has 2 aromatic rings. The maximum absolute atomic E-state index is 11.2. The summed E-state index contributed by atoms with van der Waals surface area (Å²) in [6.07, 6.45) is 2.95. The summed E-state index contributed by atoms with van der Waals surface area (Å²) >= 11 is 7.09. The lowest BCUT2D eigenvalue weighted by atomic mass is 10.2. The Labute approximate surface area is 145 Å². The molecule has 0 aliphatic carbocycles. The van der Waals surface area contributed by atoms with Gasteiger partial charge in [-0.15, -0.1) is 0 Å². The van der Waals surface area contributed by atoms with Crippen molar-refractivity contribution in [3.63, 3.8) is 0 Å². The number of amides is 1. The summed E-state index contributed by atoms with van der Waals surface area (Å²) in [7, 11) is 0. The lowest BCUT2D eigenvalue weighted by Gasteiger charge is -2.10. The van der Waals surface area contributed by atoms with Gasteiger partial charge in [0, 0.05) is 10.2 Å². The number of nitrogens with zero attached hydrogens (tertiary/aromatic N) is 2. The van der Waals surface area contributed by atoms with E-state index in [9.17, 15) is 4.79 Å². The Morgan fingerprint density at radius 3 is 2.77 bits per heavy atom. The summed E-state index contributed by atoms with van der Waals surface area (Å²) in [6.45, 7) is 4.12. The Bertz CT molecular complexity index is 700. The number of fused-ring (bicyclic) bond motifs is 1. The number of rotatable bonds is 6.